The van der Waals surface area contributed by atoms with E-state index in [9.17, 15) is 4.79 Å². The first kappa shape index (κ1) is 12.5. The fourth-order valence-electron chi connectivity index (χ4n) is 1.98. The smallest absolute Gasteiger partial charge is 0.452 e. The van der Waals surface area contributed by atoms with Crippen LogP contribution in [-0.4, -0.2) is 19.3 Å². The summed E-state index contributed by atoms with van der Waals surface area (Å²) in [6.45, 7) is 4.06. The average Bonchev–Trinajstić information content (AvgIpc) is 2.37. The highest BCUT2D eigenvalue weighted by atomic mass is 16.5. The molecule has 0 spiro atoms. The standard InChI is InChI=1S/C13H16N2O3/c1-8-4-7-11(14-15-13(16)17-3)12-10(8)6-5-9(2)18-12/h4,7,9H,5-6H2,1-3H3. The lowest BCUT2D eigenvalue weighted by Crippen LogP contribution is -2.19. The molecule has 0 bridgehead atoms. The molecular weight excluding hydrogens is 232 g/mol. The van der Waals surface area contributed by atoms with Crippen molar-refractivity contribution in [1.29, 1.82) is 0 Å². The molecule has 2 rings (SSSR count). The first-order chi connectivity index (χ1) is 8.61. The lowest BCUT2D eigenvalue weighted by Gasteiger charge is -2.25. The first-order valence-corrected chi connectivity index (χ1v) is 5.90. The monoisotopic (exact) mass is 248 g/mol. The van der Waals surface area contributed by atoms with Crippen molar-refractivity contribution >= 4 is 11.8 Å². The van der Waals surface area contributed by atoms with Crippen molar-refractivity contribution in [3.8, 4) is 5.75 Å². The number of amides is 1. The summed E-state index contributed by atoms with van der Waals surface area (Å²) in [6, 6.07) is 3.77. The molecule has 1 aliphatic heterocycles. The van der Waals surface area contributed by atoms with Gasteiger partial charge in [-0.25, -0.2) is 4.79 Å². The Balaban J connectivity index is 2.37. The maximum absolute atomic E-state index is 11.0. The average molecular weight is 248 g/mol. The summed E-state index contributed by atoms with van der Waals surface area (Å²) >= 11 is 0. The number of nitrogens with zero attached hydrogens (tertiary/aromatic N) is 2. The third kappa shape index (κ3) is 2.50. The van der Waals surface area contributed by atoms with Crippen molar-refractivity contribution in [2.75, 3.05) is 7.11 Å². The molecule has 1 aliphatic rings. The summed E-state index contributed by atoms with van der Waals surface area (Å²) in [5.74, 6) is 0.737. The number of carbonyl (C=O) groups excluding carboxylic acids is 1. The maximum Gasteiger partial charge on any atom is 0.452 e. The number of methoxy groups -OCH3 is 1. The van der Waals surface area contributed by atoms with Crippen LogP contribution >= 0.6 is 0 Å². The summed E-state index contributed by atoms with van der Waals surface area (Å²) in [5, 5.41) is 7.35. The molecule has 0 aliphatic carbocycles. The van der Waals surface area contributed by atoms with Crippen molar-refractivity contribution in [1.82, 2.24) is 0 Å². The van der Waals surface area contributed by atoms with Crippen LogP contribution < -0.4 is 4.74 Å². The molecule has 1 amide bonds. The Kier molecular flexibility index (Phi) is 3.60. The summed E-state index contributed by atoms with van der Waals surface area (Å²) in [4.78, 5) is 11.0. The number of hydrogen-bond acceptors (Lipinski definition) is 4. The zero-order valence-corrected chi connectivity index (χ0v) is 10.8. The molecule has 1 aromatic carbocycles. The quantitative estimate of drug-likeness (QED) is 0.714. The molecule has 0 saturated heterocycles. The van der Waals surface area contributed by atoms with Gasteiger partial charge in [-0.1, -0.05) is 11.2 Å². The van der Waals surface area contributed by atoms with Crippen LogP contribution in [0.5, 0.6) is 5.75 Å². The number of azo groups is 1. The predicted molar refractivity (Wildman–Crippen MR) is 66.5 cm³/mol. The minimum absolute atomic E-state index is 0.159. The van der Waals surface area contributed by atoms with Crippen LogP contribution in [0, 0.1) is 6.92 Å². The van der Waals surface area contributed by atoms with Crippen LogP contribution in [0.1, 0.15) is 24.5 Å². The minimum atomic E-state index is -0.715. The molecule has 5 nitrogen and oxygen atoms in total. The lowest BCUT2D eigenvalue weighted by molar-refractivity contribution is 0.180. The molecule has 0 saturated carbocycles. The summed E-state index contributed by atoms with van der Waals surface area (Å²) in [7, 11) is 1.27. The van der Waals surface area contributed by atoms with Gasteiger partial charge in [-0.05, 0) is 43.9 Å². The van der Waals surface area contributed by atoms with Crippen molar-refractivity contribution in [2.45, 2.75) is 32.8 Å². The van der Waals surface area contributed by atoms with Crippen LogP contribution in [0.15, 0.2) is 22.4 Å². The van der Waals surface area contributed by atoms with Crippen molar-refractivity contribution in [3.63, 3.8) is 0 Å². The fourth-order valence-corrected chi connectivity index (χ4v) is 1.98. The molecule has 18 heavy (non-hydrogen) atoms. The number of fused-ring (bicyclic) bond motifs is 1. The highest BCUT2D eigenvalue weighted by molar-refractivity contribution is 5.68. The highest BCUT2D eigenvalue weighted by Gasteiger charge is 2.21. The number of carbonyl (C=O) groups is 1. The Labute approximate surface area is 106 Å². The van der Waals surface area contributed by atoms with E-state index in [0.29, 0.717) is 5.69 Å². The van der Waals surface area contributed by atoms with Gasteiger partial charge in [0, 0.05) is 0 Å². The van der Waals surface area contributed by atoms with E-state index in [1.807, 2.05) is 19.9 Å². The van der Waals surface area contributed by atoms with Gasteiger partial charge >= 0.3 is 6.09 Å². The van der Waals surface area contributed by atoms with Crippen LogP contribution in [0.2, 0.25) is 0 Å². The molecule has 0 N–H and O–H groups in total. The number of rotatable bonds is 1. The van der Waals surface area contributed by atoms with E-state index in [1.165, 1.54) is 12.7 Å². The molecule has 96 valence electrons. The summed E-state index contributed by atoms with van der Waals surface area (Å²) in [5.41, 5.74) is 2.90. The van der Waals surface area contributed by atoms with Crippen molar-refractivity contribution < 1.29 is 14.3 Å². The zero-order valence-electron chi connectivity index (χ0n) is 10.8. The third-order valence-corrected chi connectivity index (χ3v) is 3.01. The van der Waals surface area contributed by atoms with Gasteiger partial charge < -0.3 is 9.47 Å². The second-order valence-electron chi connectivity index (χ2n) is 4.35. The molecular formula is C13H16N2O3. The molecule has 0 aromatic heterocycles. The Hall–Kier alpha value is -1.91. The number of hydrogen-bond donors (Lipinski definition) is 0. The normalized spacial score (nSPS) is 18.3. The number of aryl methyl sites for hydroxylation is 1. The Morgan fingerprint density at radius 2 is 2.28 bits per heavy atom. The fraction of sp³-hybridized carbons (Fsp3) is 0.462. The number of benzene rings is 1. The van der Waals surface area contributed by atoms with Crippen LogP contribution in [0.25, 0.3) is 0 Å². The van der Waals surface area contributed by atoms with Crippen LogP contribution in [-0.2, 0) is 11.2 Å². The van der Waals surface area contributed by atoms with E-state index in [1.54, 1.807) is 6.07 Å². The SMILES string of the molecule is COC(=O)N=Nc1ccc(C)c2c1OC(C)CC2. The minimum Gasteiger partial charge on any atom is -0.488 e. The molecule has 1 aromatic rings. The topological polar surface area (TPSA) is 60.2 Å². The van der Waals surface area contributed by atoms with E-state index in [2.05, 4.69) is 15.0 Å². The van der Waals surface area contributed by atoms with E-state index in [-0.39, 0.29) is 6.10 Å². The molecule has 1 heterocycles. The Morgan fingerprint density at radius 1 is 1.50 bits per heavy atom. The number of ether oxygens (including phenoxy) is 2. The van der Waals surface area contributed by atoms with Gasteiger partial charge in [0.1, 0.15) is 5.69 Å². The highest BCUT2D eigenvalue weighted by Crippen LogP contribution is 2.38. The molecule has 1 atom stereocenters. The van der Waals surface area contributed by atoms with E-state index in [0.717, 1.165) is 24.2 Å². The van der Waals surface area contributed by atoms with Gasteiger partial charge in [-0.2, -0.15) is 0 Å². The van der Waals surface area contributed by atoms with Gasteiger partial charge in [0.05, 0.1) is 13.2 Å². The summed E-state index contributed by atoms with van der Waals surface area (Å²) < 4.78 is 10.2. The maximum atomic E-state index is 11.0. The van der Waals surface area contributed by atoms with Crippen LogP contribution in [0.4, 0.5) is 10.5 Å². The van der Waals surface area contributed by atoms with E-state index < -0.39 is 6.09 Å². The molecule has 0 radical (unpaired) electrons. The Morgan fingerprint density at radius 3 is 3.00 bits per heavy atom. The van der Waals surface area contributed by atoms with Gasteiger partial charge in [0.15, 0.2) is 5.75 Å². The Bertz CT molecular complexity index is 497. The lowest BCUT2D eigenvalue weighted by atomic mass is 9.97. The molecule has 1 unspecified atom stereocenters. The second-order valence-corrected chi connectivity index (χ2v) is 4.35. The van der Waals surface area contributed by atoms with Gasteiger partial charge in [-0.15, -0.1) is 5.11 Å². The van der Waals surface area contributed by atoms with Gasteiger partial charge in [0.2, 0.25) is 0 Å². The predicted octanol–water partition coefficient (Wildman–Crippen LogP) is 3.56. The van der Waals surface area contributed by atoms with Crippen LogP contribution in [0.3, 0.4) is 0 Å². The molecule has 0 fully saturated rings. The molecule has 5 heteroatoms. The largest absolute Gasteiger partial charge is 0.488 e. The van der Waals surface area contributed by atoms with E-state index in [4.69, 9.17) is 4.74 Å². The van der Waals surface area contributed by atoms with Gasteiger partial charge in [0.25, 0.3) is 0 Å². The second kappa shape index (κ2) is 5.16. The van der Waals surface area contributed by atoms with Gasteiger partial charge in [-0.3, -0.25) is 0 Å². The third-order valence-electron chi connectivity index (χ3n) is 3.01. The van der Waals surface area contributed by atoms with E-state index >= 15 is 0 Å². The zero-order chi connectivity index (χ0) is 13.1. The first-order valence-electron chi connectivity index (χ1n) is 5.90. The summed E-state index contributed by atoms with van der Waals surface area (Å²) in [6.07, 6.45) is 1.40. The van der Waals surface area contributed by atoms with Crippen molar-refractivity contribution in [3.05, 3.63) is 23.3 Å². The van der Waals surface area contributed by atoms with Crippen molar-refractivity contribution in [2.24, 2.45) is 10.2 Å².